The number of sulfonamides is 1. The molecule has 6 nitrogen and oxygen atoms in total. The number of aryl methyl sites for hydroxylation is 1. The highest BCUT2D eigenvalue weighted by Gasteiger charge is 2.21. The van der Waals surface area contributed by atoms with Gasteiger partial charge < -0.3 is 8.83 Å². The molecule has 0 aliphatic heterocycles. The van der Waals surface area contributed by atoms with Gasteiger partial charge in [-0.2, -0.15) is 4.31 Å². The normalized spacial score (nSPS) is 12.2. The minimum Gasteiger partial charge on any atom is -0.459 e. The summed E-state index contributed by atoms with van der Waals surface area (Å²) in [5, 5.41) is 0. The molecule has 2 aromatic rings. The Morgan fingerprint density at radius 1 is 1.40 bits per heavy atom. The Morgan fingerprint density at radius 3 is 2.75 bits per heavy atom. The fourth-order valence-electron chi connectivity index (χ4n) is 1.80. The SMILES string of the molecule is CCCS(=O)(=O)N(C)Cc1nc(-c2ccco2)oc1C. The summed E-state index contributed by atoms with van der Waals surface area (Å²) in [5.74, 6) is 1.61. The van der Waals surface area contributed by atoms with Gasteiger partial charge in [-0.3, -0.25) is 0 Å². The maximum Gasteiger partial charge on any atom is 0.263 e. The molecule has 2 heterocycles. The molecule has 0 radical (unpaired) electrons. The van der Waals surface area contributed by atoms with Crippen LogP contribution >= 0.6 is 0 Å². The Hall–Kier alpha value is -1.60. The first-order valence-corrected chi connectivity index (χ1v) is 7.99. The minimum atomic E-state index is -3.24. The molecule has 0 bridgehead atoms. The number of rotatable bonds is 6. The van der Waals surface area contributed by atoms with E-state index in [4.69, 9.17) is 8.83 Å². The van der Waals surface area contributed by atoms with Crippen LogP contribution in [0.3, 0.4) is 0 Å². The molecule has 7 heteroatoms. The van der Waals surface area contributed by atoms with Crippen LogP contribution in [0.4, 0.5) is 0 Å². The average Bonchev–Trinajstić information content (AvgIpc) is 2.99. The summed E-state index contributed by atoms with van der Waals surface area (Å²) in [6, 6.07) is 3.49. The Labute approximate surface area is 118 Å². The topological polar surface area (TPSA) is 76.6 Å². The smallest absolute Gasteiger partial charge is 0.263 e. The molecule has 0 unspecified atom stereocenters. The quantitative estimate of drug-likeness (QED) is 0.818. The van der Waals surface area contributed by atoms with E-state index in [1.54, 1.807) is 26.1 Å². The monoisotopic (exact) mass is 298 g/mol. The molecular formula is C13H18N2O4S. The maximum absolute atomic E-state index is 11.9. The van der Waals surface area contributed by atoms with Crippen LogP contribution in [-0.2, 0) is 16.6 Å². The Bertz CT molecular complexity index is 659. The molecule has 0 aliphatic carbocycles. The Morgan fingerprint density at radius 2 is 2.15 bits per heavy atom. The van der Waals surface area contributed by atoms with E-state index in [9.17, 15) is 8.42 Å². The second kappa shape index (κ2) is 5.80. The third-order valence-corrected chi connectivity index (χ3v) is 4.94. The van der Waals surface area contributed by atoms with Crippen LogP contribution in [0.2, 0.25) is 0 Å². The summed E-state index contributed by atoms with van der Waals surface area (Å²) in [4.78, 5) is 4.30. The molecule has 0 fully saturated rings. The average molecular weight is 298 g/mol. The van der Waals surface area contributed by atoms with Gasteiger partial charge in [0.05, 0.1) is 24.3 Å². The van der Waals surface area contributed by atoms with Gasteiger partial charge >= 0.3 is 0 Å². The maximum atomic E-state index is 11.9. The van der Waals surface area contributed by atoms with Gasteiger partial charge in [-0.1, -0.05) is 6.92 Å². The number of hydrogen-bond acceptors (Lipinski definition) is 5. The van der Waals surface area contributed by atoms with Crippen LogP contribution in [0.15, 0.2) is 27.2 Å². The Kier molecular flexibility index (Phi) is 4.29. The molecule has 0 aromatic carbocycles. The van der Waals surface area contributed by atoms with Gasteiger partial charge in [0.25, 0.3) is 5.89 Å². The van der Waals surface area contributed by atoms with Crippen LogP contribution in [0, 0.1) is 6.92 Å². The molecule has 0 aliphatic rings. The van der Waals surface area contributed by atoms with Crippen molar-refractivity contribution in [3.8, 4) is 11.7 Å². The number of nitrogens with zero attached hydrogens (tertiary/aromatic N) is 2. The summed E-state index contributed by atoms with van der Waals surface area (Å²) >= 11 is 0. The van der Waals surface area contributed by atoms with E-state index in [0.717, 1.165) is 0 Å². The lowest BCUT2D eigenvalue weighted by molar-refractivity contribution is 0.456. The zero-order valence-corrected chi connectivity index (χ0v) is 12.6. The lowest BCUT2D eigenvalue weighted by atomic mass is 10.4. The van der Waals surface area contributed by atoms with Gasteiger partial charge in [-0.05, 0) is 25.5 Å². The summed E-state index contributed by atoms with van der Waals surface area (Å²) in [6.45, 7) is 3.79. The van der Waals surface area contributed by atoms with Crippen LogP contribution in [-0.4, -0.2) is 30.5 Å². The molecule has 0 saturated heterocycles. The third-order valence-electron chi connectivity index (χ3n) is 2.93. The highest BCUT2D eigenvalue weighted by molar-refractivity contribution is 7.89. The van der Waals surface area contributed by atoms with E-state index < -0.39 is 10.0 Å². The first-order chi connectivity index (χ1) is 9.44. The zero-order chi connectivity index (χ0) is 14.8. The van der Waals surface area contributed by atoms with Crippen LogP contribution in [0.25, 0.3) is 11.7 Å². The van der Waals surface area contributed by atoms with E-state index in [2.05, 4.69) is 4.98 Å². The van der Waals surface area contributed by atoms with Crippen LogP contribution in [0.5, 0.6) is 0 Å². The van der Waals surface area contributed by atoms with Gasteiger partial charge in [0.1, 0.15) is 5.76 Å². The Balaban J connectivity index is 2.18. The van der Waals surface area contributed by atoms with Crippen molar-refractivity contribution in [3.05, 3.63) is 29.9 Å². The van der Waals surface area contributed by atoms with Crippen LogP contribution in [0.1, 0.15) is 24.8 Å². The summed E-state index contributed by atoms with van der Waals surface area (Å²) in [5.41, 5.74) is 0.596. The van der Waals surface area contributed by atoms with Crippen molar-refractivity contribution in [2.75, 3.05) is 12.8 Å². The molecule has 2 rings (SSSR count). The highest BCUT2D eigenvalue weighted by atomic mass is 32.2. The summed E-state index contributed by atoms with van der Waals surface area (Å²) < 4.78 is 35.9. The fourth-order valence-corrected chi connectivity index (χ4v) is 2.95. The predicted octanol–water partition coefficient (Wildman–Crippen LogP) is 2.41. The molecule has 0 spiro atoms. The van der Waals surface area contributed by atoms with Crippen molar-refractivity contribution in [3.63, 3.8) is 0 Å². The van der Waals surface area contributed by atoms with Crippen molar-refractivity contribution in [1.29, 1.82) is 0 Å². The first kappa shape index (κ1) is 14.8. The number of oxazole rings is 1. The number of aromatic nitrogens is 1. The number of furan rings is 1. The van der Waals surface area contributed by atoms with Crippen molar-refractivity contribution in [1.82, 2.24) is 9.29 Å². The van der Waals surface area contributed by atoms with Gasteiger partial charge in [-0.25, -0.2) is 13.4 Å². The molecule has 110 valence electrons. The minimum absolute atomic E-state index is 0.130. The largest absolute Gasteiger partial charge is 0.459 e. The van der Waals surface area contributed by atoms with Gasteiger partial charge in [0, 0.05) is 7.05 Å². The predicted molar refractivity (Wildman–Crippen MR) is 74.5 cm³/mol. The summed E-state index contributed by atoms with van der Waals surface area (Å²) in [7, 11) is -1.69. The van der Waals surface area contributed by atoms with Gasteiger partial charge in [0.2, 0.25) is 10.0 Å². The lowest BCUT2D eigenvalue weighted by Gasteiger charge is -2.15. The van der Waals surface area contributed by atoms with Gasteiger partial charge in [-0.15, -0.1) is 0 Å². The molecular weight excluding hydrogens is 280 g/mol. The lowest BCUT2D eigenvalue weighted by Crippen LogP contribution is -2.29. The van der Waals surface area contributed by atoms with Crippen molar-refractivity contribution in [2.24, 2.45) is 0 Å². The van der Waals surface area contributed by atoms with E-state index in [1.165, 1.54) is 10.6 Å². The van der Waals surface area contributed by atoms with E-state index in [-0.39, 0.29) is 12.3 Å². The molecule has 0 atom stereocenters. The molecule has 2 aromatic heterocycles. The van der Waals surface area contributed by atoms with Crippen molar-refractivity contribution in [2.45, 2.75) is 26.8 Å². The second-order valence-corrected chi connectivity index (χ2v) is 6.77. The summed E-state index contributed by atoms with van der Waals surface area (Å²) in [6.07, 6.45) is 2.12. The van der Waals surface area contributed by atoms with E-state index >= 15 is 0 Å². The standard InChI is InChI=1S/C13H18N2O4S/c1-4-8-20(16,17)15(3)9-11-10(2)19-13(14-11)12-6-5-7-18-12/h5-7H,4,8-9H2,1-3H3. The zero-order valence-electron chi connectivity index (χ0n) is 11.8. The van der Waals surface area contributed by atoms with Crippen molar-refractivity contribution >= 4 is 10.0 Å². The fraction of sp³-hybridized carbons (Fsp3) is 0.462. The van der Waals surface area contributed by atoms with E-state index in [0.29, 0.717) is 29.5 Å². The molecule has 0 N–H and O–H groups in total. The first-order valence-electron chi connectivity index (χ1n) is 6.38. The van der Waals surface area contributed by atoms with E-state index in [1.807, 2.05) is 6.92 Å². The third kappa shape index (κ3) is 3.10. The van der Waals surface area contributed by atoms with Gasteiger partial charge in [0.15, 0.2) is 5.76 Å². The highest BCUT2D eigenvalue weighted by Crippen LogP contribution is 2.23. The molecule has 20 heavy (non-hydrogen) atoms. The van der Waals surface area contributed by atoms with Crippen LogP contribution < -0.4 is 0 Å². The second-order valence-electron chi connectivity index (χ2n) is 4.57. The number of hydrogen-bond donors (Lipinski definition) is 0. The molecule has 0 saturated carbocycles. The van der Waals surface area contributed by atoms with Crippen molar-refractivity contribution < 1.29 is 17.3 Å². The molecule has 0 amide bonds.